The average molecular weight is 707 g/mol. The summed E-state index contributed by atoms with van der Waals surface area (Å²) in [5, 5.41) is 7.22. The minimum Gasteiger partial charge on any atom is -0.483 e. The molecule has 1 aromatic heterocycles. The molecule has 7 N–H and O–H groups in total. The summed E-state index contributed by atoms with van der Waals surface area (Å²) in [5.41, 5.74) is 9.72. The number of fused-ring (bicyclic) bond motifs is 2. The quantitative estimate of drug-likeness (QED) is 0.0667. The van der Waals surface area contributed by atoms with Gasteiger partial charge >= 0.3 is 5.69 Å². The van der Waals surface area contributed by atoms with Gasteiger partial charge in [0.15, 0.2) is 6.61 Å². The van der Waals surface area contributed by atoms with Crippen LogP contribution in [0.3, 0.4) is 0 Å². The molecule has 1 unspecified atom stereocenters. The number of anilines is 1. The van der Waals surface area contributed by atoms with E-state index in [1.807, 2.05) is 0 Å². The number of carbonyl (C=O) groups is 7. The number of nitrogens with zero attached hydrogens (tertiary/aromatic N) is 3. The van der Waals surface area contributed by atoms with Crippen molar-refractivity contribution in [3.63, 3.8) is 0 Å². The molecule has 1 atom stereocenters. The van der Waals surface area contributed by atoms with Crippen molar-refractivity contribution in [1.29, 1.82) is 0 Å². The number of imide groups is 2. The molecule has 5 rings (SSSR count). The summed E-state index contributed by atoms with van der Waals surface area (Å²) < 4.78 is 12.9. The first-order chi connectivity index (χ1) is 24.3. The van der Waals surface area contributed by atoms with E-state index in [-0.39, 0.29) is 84.7 Å². The van der Waals surface area contributed by atoms with Crippen LogP contribution in [-0.4, -0.2) is 94.3 Å². The molecule has 51 heavy (non-hydrogen) atoms. The zero-order valence-corrected chi connectivity index (χ0v) is 27.3. The van der Waals surface area contributed by atoms with Crippen LogP contribution in [0, 0.1) is 0 Å². The number of hydrogen-bond donors (Lipinski definition) is 5. The van der Waals surface area contributed by atoms with Crippen LogP contribution in [0.2, 0.25) is 0 Å². The first kappa shape index (κ1) is 35.9. The van der Waals surface area contributed by atoms with E-state index in [0.717, 1.165) is 9.47 Å². The minimum atomic E-state index is -1.15. The number of piperidine rings is 1. The molecule has 0 spiro atoms. The number of nitrogen functional groups attached to an aromatic ring is 1. The number of nitrogens with two attached hydrogens (primary N) is 2. The topological polar surface area (TPSA) is 273 Å². The highest BCUT2D eigenvalue weighted by molar-refractivity contribution is 6.24. The van der Waals surface area contributed by atoms with E-state index in [0.29, 0.717) is 0 Å². The first-order valence-electron chi connectivity index (χ1n) is 15.8. The Balaban J connectivity index is 1.06. The fourth-order valence-corrected chi connectivity index (χ4v) is 5.76. The summed E-state index contributed by atoms with van der Waals surface area (Å²) in [6.45, 7) is 0.879. The van der Waals surface area contributed by atoms with E-state index in [4.69, 9.17) is 20.9 Å². The van der Waals surface area contributed by atoms with Crippen molar-refractivity contribution >= 4 is 57.9 Å². The summed E-state index contributed by atoms with van der Waals surface area (Å²) in [6.07, 6.45) is -0.0307. The number of carbonyl (C=O) groups excluding carboxylic acids is 7. The van der Waals surface area contributed by atoms with E-state index in [1.165, 1.54) is 34.9 Å². The number of benzene rings is 2. The number of hydrogen-bond acceptors (Lipinski definition) is 12. The highest BCUT2D eigenvalue weighted by Gasteiger charge is 2.46. The maximum atomic E-state index is 13.1. The van der Waals surface area contributed by atoms with Gasteiger partial charge in [0.2, 0.25) is 17.7 Å². The van der Waals surface area contributed by atoms with Crippen molar-refractivity contribution in [3.05, 3.63) is 67.9 Å². The molecule has 0 saturated carbocycles. The normalized spacial score (nSPS) is 15.5. The number of aryl methyl sites for hydroxylation is 1. The predicted molar refractivity (Wildman–Crippen MR) is 177 cm³/mol. The summed E-state index contributed by atoms with van der Waals surface area (Å²) in [4.78, 5) is 113. The lowest BCUT2D eigenvalue weighted by Crippen LogP contribution is -2.54. The number of aromatic nitrogens is 2. The van der Waals surface area contributed by atoms with Crippen molar-refractivity contribution in [2.75, 3.05) is 38.6 Å². The Hall–Kier alpha value is -6.37. The molecule has 0 aliphatic carbocycles. The van der Waals surface area contributed by atoms with Gasteiger partial charge in [-0.15, -0.1) is 0 Å². The largest absolute Gasteiger partial charge is 0.483 e. The highest BCUT2D eigenvalue weighted by Crippen LogP contribution is 2.33. The van der Waals surface area contributed by atoms with Crippen molar-refractivity contribution in [1.82, 2.24) is 30.0 Å². The second kappa shape index (κ2) is 15.0. The number of rotatable bonds is 14. The van der Waals surface area contributed by atoms with Crippen LogP contribution in [0.5, 0.6) is 5.75 Å². The minimum absolute atomic E-state index is 0.00396. The highest BCUT2D eigenvalue weighted by atomic mass is 16.5. The molecule has 0 radical (unpaired) electrons. The monoisotopic (exact) mass is 706 g/mol. The second-order valence-electron chi connectivity index (χ2n) is 11.5. The number of nitrogens with one attached hydrogen (secondary N) is 3. The van der Waals surface area contributed by atoms with E-state index in [1.54, 1.807) is 6.92 Å². The van der Waals surface area contributed by atoms with E-state index in [9.17, 15) is 43.2 Å². The Morgan fingerprint density at radius 1 is 0.961 bits per heavy atom. The van der Waals surface area contributed by atoms with Crippen LogP contribution >= 0.6 is 0 Å². The van der Waals surface area contributed by atoms with Gasteiger partial charge in [-0.1, -0.05) is 6.07 Å². The first-order valence-corrected chi connectivity index (χ1v) is 15.8. The molecule has 2 aliphatic rings. The lowest BCUT2D eigenvalue weighted by atomic mass is 10.0. The van der Waals surface area contributed by atoms with Crippen LogP contribution in [-0.2, 0) is 37.0 Å². The van der Waals surface area contributed by atoms with Crippen LogP contribution in [0.4, 0.5) is 5.69 Å². The van der Waals surface area contributed by atoms with Gasteiger partial charge in [-0.3, -0.25) is 57.7 Å². The Morgan fingerprint density at radius 2 is 1.67 bits per heavy atom. The van der Waals surface area contributed by atoms with Gasteiger partial charge in [0.1, 0.15) is 18.3 Å². The van der Waals surface area contributed by atoms with Gasteiger partial charge < -0.3 is 31.6 Å². The third-order valence-electron chi connectivity index (χ3n) is 8.21. The maximum Gasteiger partial charge on any atom is 0.331 e. The number of primary amides is 1. The fraction of sp³-hybridized carbons (Fsp3) is 0.344. The Labute approximate surface area is 287 Å². The van der Waals surface area contributed by atoms with Crippen LogP contribution in [0.1, 0.15) is 50.8 Å². The van der Waals surface area contributed by atoms with Gasteiger partial charge in [0.25, 0.3) is 29.2 Å². The lowest BCUT2D eigenvalue weighted by molar-refractivity contribution is -0.136. The van der Waals surface area contributed by atoms with Gasteiger partial charge in [-0.05, 0) is 37.6 Å². The molecule has 1 fully saturated rings. The molecule has 0 bridgehead atoms. The van der Waals surface area contributed by atoms with E-state index < -0.39 is 71.8 Å². The molecule has 19 heteroatoms. The summed E-state index contributed by atoms with van der Waals surface area (Å²) >= 11 is 0. The van der Waals surface area contributed by atoms with Gasteiger partial charge in [-0.2, -0.15) is 0 Å². The van der Waals surface area contributed by atoms with Crippen LogP contribution in [0.25, 0.3) is 10.9 Å². The summed E-state index contributed by atoms with van der Waals surface area (Å²) in [7, 11) is 0. The Kier molecular flexibility index (Phi) is 10.6. The molecule has 3 heterocycles. The SMILES string of the molecule is CCn1c(=O)n(CC(=O)NCCOCCNC(=O)COc2cccc3c2C(=O)N(C2CCC(=O)NC2=O)C3=O)c(=O)c2cc(C(N)=O)c(N)cc21. The summed E-state index contributed by atoms with van der Waals surface area (Å²) in [6, 6.07) is 5.65. The van der Waals surface area contributed by atoms with Crippen molar-refractivity contribution in [2.24, 2.45) is 5.73 Å². The van der Waals surface area contributed by atoms with Gasteiger partial charge in [-0.25, -0.2) is 4.79 Å². The Morgan fingerprint density at radius 3 is 2.33 bits per heavy atom. The summed E-state index contributed by atoms with van der Waals surface area (Å²) in [5.74, 6) is -4.81. The van der Waals surface area contributed by atoms with Crippen molar-refractivity contribution < 1.29 is 43.0 Å². The fourth-order valence-electron chi connectivity index (χ4n) is 5.76. The standard InChI is InChI=1S/C32H34N8O11/c1-2-38-21-13-19(33)17(27(34)44)12-18(21)29(46)39(32(38)49)14-24(42)35-8-10-50-11-9-36-25(43)15-51-22-5-3-4-16-26(22)31(48)40(30(16)47)20-6-7-23(41)37-28(20)45/h3-5,12-13,20H,2,6-11,14-15,33H2,1H3,(H2,34,44)(H,35,42)(H,36,43)(H,37,41,45). The molecule has 268 valence electrons. The molecule has 19 nitrogen and oxygen atoms in total. The molecule has 1 saturated heterocycles. The maximum absolute atomic E-state index is 13.1. The van der Waals surface area contributed by atoms with Gasteiger partial charge in [0, 0.05) is 31.7 Å². The van der Waals surface area contributed by atoms with Crippen molar-refractivity contribution in [2.45, 2.75) is 38.9 Å². The molecule has 7 amide bonds. The van der Waals surface area contributed by atoms with Crippen LogP contribution in [0.15, 0.2) is 39.9 Å². The lowest BCUT2D eigenvalue weighted by Gasteiger charge is -2.27. The van der Waals surface area contributed by atoms with Crippen LogP contribution < -0.4 is 43.4 Å². The predicted octanol–water partition coefficient (Wildman–Crippen LogP) is -2.41. The Bertz CT molecular complexity index is 2100. The molecular formula is C32H34N8O11. The third-order valence-corrected chi connectivity index (χ3v) is 8.21. The zero-order valence-electron chi connectivity index (χ0n) is 27.3. The van der Waals surface area contributed by atoms with Crippen molar-refractivity contribution in [3.8, 4) is 5.75 Å². The van der Waals surface area contributed by atoms with Gasteiger partial charge in [0.05, 0.1) is 40.8 Å². The molecule has 2 aliphatic heterocycles. The number of ether oxygens (including phenoxy) is 2. The molecular weight excluding hydrogens is 672 g/mol. The number of amides is 7. The zero-order chi connectivity index (χ0) is 37.0. The molecule has 2 aromatic carbocycles. The van der Waals surface area contributed by atoms with E-state index >= 15 is 0 Å². The smallest absolute Gasteiger partial charge is 0.331 e. The molecule has 3 aromatic rings. The third kappa shape index (κ3) is 7.32. The average Bonchev–Trinajstić information content (AvgIpc) is 3.34. The second-order valence-corrected chi connectivity index (χ2v) is 11.5. The van der Waals surface area contributed by atoms with E-state index in [2.05, 4.69) is 16.0 Å².